The molecule has 1 atom stereocenters. The van der Waals surface area contributed by atoms with Crippen molar-refractivity contribution >= 4 is 29.9 Å². The third-order valence-electron chi connectivity index (χ3n) is 4.83. The van der Waals surface area contributed by atoms with E-state index in [4.69, 9.17) is 9.41 Å². The zero-order chi connectivity index (χ0) is 19.6. The molecule has 1 aliphatic rings. The first-order chi connectivity index (χ1) is 13.7. The molecule has 1 unspecified atom stereocenters. The van der Waals surface area contributed by atoms with Gasteiger partial charge in [0.25, 0.3) is 0 Å². The number of aliphatic imine (C=N–C) groups is 1. The maximum atomic E-state index is 9.76. The minimum atomic E-state index is -0.196. The van der Waals surface area contributed by atoms with E-state index in [1.807, 2.05) is 24.3 Å². The second kappa shape index (κ2) is 12.7. The van der Waals surface area contributed by atoms with Crippen molar-refractivity contribution in [3.05, 3.63) is 72.2 Å². The molecule has 2 heterocycles. The van der Waals surface area contributed by atoms with Crippen molar-refractivity contribution in [3.8, 4) is 0 Å². The number of hydrogen-bond donors (Lipinski definition) is 3. The quantitative estimate of drug-likeness (QED) is 0.210. The van der Waals surface area contributed by atoms with Gasteiger partial charge in [0.05, 0.1) is 18.9 Å². The Morgan fingerprint density at radius 3 is 2.76 bits per heavy atom. The highest BCUT2D eigenvalue weighted by molar-refractivity contribution is 14.0. The number of hydrogen-bond acceptors (Lipinski definition) is 4. The number of furan rings is 1. The molecular formula is C22H31IN4O2. The monoisotopic (exact) mass is 510 g/mol. The van der Waals surface area contributed by atoms with Crippen LogP contribution >= 0.6 is 24.0 Å². The van der Waals surface area contributed by atoms with Crippen LogP contribution in [-0.4, -0.2) is 48.2 Å². The zero-order valence-electron chi connectivity index (χ0n) is 16.7. The Morgan fingerprint density at radius 2 is 2.07 bits per heavy atom. The molecule has 3 N–H and O–H groups in total. The van der Waals surface area contributed by atoms with E-state index in [0.29, 0.717) is 13.1 Å². The van der Waals surface area contributed by atoms with Crippen LogP contribution in [-0.2, 0) is 19.5 Å². The molecule has 0 radical (unpaired) electrons. The van der Waals surface area contributed by atoms with Gasteiger partial charge in [0.1, 0.15) is 5.76 Å². The van der Waals surface area contributed by atoms with Crippen LogP contribution in [0.4, 0.5) is 0 Å². The van der Waals surface area contributed by atoms with Crippen LogP contribution < -0.4 is 10.6 Å². The van der Waals surface area contributed by atoms with E-state index in [1.54, 1.807) is 6.26 Å². The van der Waals surface area contributed by atoms with E-state index in [9.17, 15) is 5.11 Å². The lowest BCUT2D eigenvalue weighted by molar-refractivity contribution is 0.174. The predicted molar refractivity (Wildman–Crippen MR) is 128 cm³/mol. The number of nitrogens with zero attached hydrogens (tertiary/aromatic N) is 2. The van der Waals surface area contributed by atoms with E-state index in [-0.39, 0.29) is 30.1 Å². The number of guanidine groups is 1. The minimum absolute atomic E-state index is 0. The lowest BCUT2D eigenvalue weighted by atomic mass is 10.1. The fourth-order valence-electron chi connectivity index (χ4n) is 3.33. The summed E-state index contributed by atoms with van der Waals surface area (Å²) >= 11 is 0. The number of aliphatic hydroxyl groups is 1. The lowest BCUT2D eigenvalue weighted by Gasteiger charge is -2.17. The highest BCUT2D eigenvalue weighted by atomic mass is 127. The molecule has 1 fully saturated rings. The molecule has 0 spiro atoms. The Kier molecular flexibility index (Phi) is 10.2. The van der Waals surface area contributed by atoms with Crippen LogP contribution in [0, 0.1) is 0 Å². The molecule has 1 aromatic carbocycles. The van der Waals surface area contributed by atoms with Crippen molar-refractivity contribution in [1.82, 2.24) is 15.5 Å². The molecule has 1 aromatic heterocycles. The van der Waals surface area contributed by atoms with Gasteiger partial charge in [0.2, 0.25) is 0 Å². The third-order valence-corrected chi connectivity index (χ3v) is 4.83. The summed E-state index contributed by atoms with van der Waals surface area (Å²) < 4.78 is 5.37. The molecule has 0 aliphatic carbocycles. The van der Waals surface area contributed by atoms with Gasteiger partial charge in [-0.3, -0.25) is 4.90 Å². The summed E-state index contributed by atoms with van der Waals surface area (Å²) in [6.45, 7) is 8.30. The van der Waals surface area contributed by atoms with Crippen LogP contribution in [0.3, 0.4) is 0 Å². The summed E-state index contributed by atoms with van der Waals surface area (Å²) in [5, 5.41) is 16.4. The second-order valence-corrected chi connectivity index (χ2v) is 7.04. The van der Waals surface area contributed by atoms with E-state index < -0.39 is 0 Å². The van der Waals surface area contributed by atoms with Crippen LogP contribution in [0.2, 0.25) is 0 Å². The van der Waals surface area contributed by atoms with Gasteiger partial charge in [-0.2, -0.15) is 0 Å². The highest BCUT2D eigenvalue weighted by Gasteiger charge is 2.20. The van der Waals surface area contributed by atoms with Crippen molar-refractivity contribution < 1.29 is 9.52 Å². The molecule has 0 amide bonds. The molecule has 158 valence electrons. The minimum Gasteiger partial charge on any atom is -0.469 e. The van der Waals surface area contributed by atoms with E-state index in [0.717, 1.165) is 50.7 Å². The maximum Gasteiger partial charge on any atom is 0.191 e. The fraction of sp³-hybridized carbons (Fsp3) is 0.409. The number of aliphatic hydroxyl groups excluding tert-OH is 1. The average molecular weight is 510 g/mol. The number of benzene rings is 1. The summed E-state index contributed by atoms with van der Waals surface area (Å²) in [4.78, 5) is 7.05. The highest BCUT2D eigenvalue weighted by Crippen LogP contribution is 2.17. The Labute approximate surface area is 190 Å². The molecule has 29 heavy (non-hydrogen) atoms. The standard InChI is InChI=1S/C22H30N4O2.HI/c1-2-11-23-22(24-12-9-21-8-5-14-28-21)25-15-18-6-3-4-7-19(18)16-26-13-10-20(27)17-26;/h2-8,14,20,27H,1,9-13,15-17H2,(H2,23,24,25);1H. The van der Waals surface area contributed by atoms with E-state index in [1.165, 1.54) is 11.1 Å². The Balaban J connectivity index is 0.00000300. The van der Waals surface area contributed by atoms with Gasteiger partial charge >= 0.3 is 0 Å². The number of nitrogens with one attached hydrogen (secondary N) is 2. The summed E-state index contributed by atoms with van der Waals surface area (Å²) in [5.41, 5.74) is 2.47. The molecular weight excluding hydrogens is 479 g/mol. The molecule has 1 aliphatic heterocycles. The maximum absolute atomic E-state index is 9.76. The first kappa shape index (κ1) is 23.4. The predicted octanol–water partition coefficient (Wildman–Crippen LogP) is 2.93. The number of likely N-dealkylation sites (tertiary alicyclic amines) is 1. The van der Waals surface area contributed by atoms with Gasteiger partial charge < -0.3 is 20.2 Å². The average Bonchev–Trinajstić information content (AvgIpc) is 3.36. The molecule has 0 saturated carbocycles. The van der Waals surface area contributed by atoms with Gasteiger partial charge in [-0.05, 0) is 29.7 Å². The van der Waals surface area contributed by atoms with Gasteiger partial charge in [0, 0.05) is 39.1 Å². The van der Waals surface area contributed by atoms with Crippen molar-refractivity contribution in [2.24, 2.45) is 4.99 Å². The van der Waals surface area contributed by atoms with Gasteiger partial charge in [0.15, 0.2) is 5.96 Å². The van der Waals surface area contributed by atoms with Crippen molar-refractivity contribution in [1.29, 1.82) is 0 Å². The first-order valence-corrected chi connectivity index (χ1v) is 9.87. The molecule has 0 bridgehead atoms. The van der Waals surface area contributed by atoms with Crippen molar-refractivity contribution in [2.75, 3.05) is 26.2 Å². The molecule has 7 heteroatoms. The van der Waals surface area contributed by atoms with Crippen LogP contribution in [0.25, 0.3) is 0 Å². The Hall–Kier alpha value is -1.84. The Morgan fingerprint density at radius 1 is 1.24 bits per heavy atom. The summed E-state index contributed by atoms with van der Waals surface area (Å²) in [6.07, 6.45) is 4.97. The van der Waals surface area contributed by atoms with Crippen LogP contribution in [0.15, 0.2) is 64.7 Å². The van der Waals surface area contributed by atoms with Gasteiger partial charge in [-0.25, -0.2) is 4.99 Å². The summed E-state index contributed by atoms with van der Waals surface area (Å²) in [7, 11) is 0. The van der Waals surface area contributed by atoms with Crippen molar-refractivity contribution in [3.63, 3.8) is 0 Å². The molecule has 3 rings (SSSR count). The second-order valence-electron chi connectivity index (χ2n) is 7.04. The fourth-order valence-corrected chi connectivity index (χ4v) is 3.33. The number of rotatable bonds is 9. The summed E-state index contributed by atoms with van der Waals surface area (Å²) in [5.74, 6) is 1.71. The largest absolute Gasteiger partial charge is 0.469 e. The van der Waals surface area contributed by atoms with E-state index >= 15 is 0 Å². The summed E-state index contributed by atoms with van der Waals surface area (Å²) in [6, 6.07) is 12.3. The lowest BCUT2D eigenvalue weighted by Crippen LogP contribution is -2.38. The van der Waals surface area contributed by atoms with Crippen LogP contribution in [0.5, 0.6) is 0 Å². The SMILES string of the molecule is C=CCNC(=NCc1ccccc1CN1CCC(O)C1)NCCc1ccco1.I. The molecule has 1 saturated heterocycles. The van der Waals surface area contributed by atoms with Gasteiger partial charge in [-0.15, -0.1) is 30.6 Å². The number of β-amino-alcohol motifs (C(OH)–C–C–N with tert-alkyl or cyclic N) is 1. The third kappa shape index (κ3) is 7.83. The Bertz CT molecular complexity index is 764. The normalized spacial score (nSPS) is 17.0. The van der Waals surface area contributed by atoms with Crippen molar-refractivity contribution in [2.45, 2.75) is 32.0 Å². The topological polar surface area (TPSA) is 73.0 Å². The number of halogens is 1. The molecule has 2 aromatic rings. The molecule has 6 nitrogen and oxygen atoms in total. The zero-order valence-corrected chi connectivity index (χ0v) is 19.0. The van der Waals surface area contributed by atoms with Crippen LogP contribution in [0.1, 0.15) is 23.3 Å². The first-order valence-electron chi connectivity index (χ1n) is 9.87. The smallest absolute Gasteiger partial charge is 0.191 e. The van der Waals surface area contributed by atoms with E-state index in [2.05, 4.69) is 40.3 Å². The van der Waals surface area contributed by atoms with Gasteiger partial charge in [-0.1, -0.05) is 30.3 Å².